The Kier molecular flexibility index (Phi) is 99.1. The van der Waals surface area contributed by atoms with Crippen LogP contribution in [0.1, 0.15) is 134 Å². The van der Waals surface area contributed by atoms with Crippen molar-refractivity contribution in [1.82, 2.24) is 0 Å². The van der Waals surface area contributed by atoms with Gasteiger partial charge in [0, 0.05) is 24.7 Å². The van der Waals surface area contributed by atoms with E-state index < -0.39 is 16.2 Å². The lowest BCUT2D eigenvalue weighted by atomic mass is 10.1. The molecule has 0 fully saturated rings. The van der Waals surface area contributed by atoms with E-state index in [1.165, 1.54) is 29.2 Å². The fraction of sp³-hybridized carbons (Fsp3) is 0.778. The molecule has 0 aliphatic rings. The summed E-state index contributed by atoms with van der Waals surface area (Å²) in [5, 5.41) is 47.1. The Balaban J connectivity index is -0.0000000225. The van der Waals surface area contributed by atoms with E-state index >= 15 is 0 Å². The fourth-order valence-corrected chi connectivity index (χ4v) is 0.426. The van der Waals surface area contributed by atoms with Crippen LogP contribution in [0.4, 0.5) is 0 Å². The maximum Gasteiger partial charge on any atom is 0.291 e. The van der Waals surface area contributed by atoms with Crippen molar-refractivity contribution in [2.75, 3.05) is 0 Å². The van der Waals surface area contributed by atoms with Crippen molar-refractivity contribution in [1.29, 1.82) is 0 Å². The molecule has 0 aliphatic carbocycles. The molecule has 1 unspecified atom stereocenters. The molecule has 0 spiro atoms. The first-order valence-electron chi connectivity index (χ1n) is 10.7. The molecule has 0 rings (SSSR count). The molecule has 0 bridgehead atoms. The minimum atomic E-state index is -1.50. The third kappa shape index (κ3) is 122. The largest absolute Gasteiger partial charge is 0.412 e. The van der Waals surface area contributed by atoms with E-state index in [0.29, 0.717) is 0 Å². The van der Waals surface area contributed by atoms with Gasteiger partial charge in [-0.3, -0.25) is 20.2 Å². The minimum absolute atomic E-state index is 0. The average molecular weight is 643 g/mol. The Hall–Kier alpha value is -3.66. The first-order valence-corrected chi connectivity index (χ1v) is 10.7. The summed E-state index contributed by atoms with van der Waals surface area (Å²) in [6.45, 7) is 27.2. The van der Waals surface area contributed by atoms with E-state index in [9.17, 15) is 20.2 Å². The molecule has 0 aromatic carbocycles. The topological polar surface area (TPSA) is 276 Å². The van der Waals surface area contributed by atoms with Crippen molar-refractivity contribution in [3.63, 3.8) is 0 Å². The van der Waals surface area contributed by atoms with Gasteiger partial charge in [0.1, 0.15) is 0 Å². The molecular weight excluding hydrogens is 572 g/mol. The molecule has 0 saturated heterocycles. The number of allylic oxidation sites excluding steroid dienone is 6. The highest BCUT2D eigenvalue weighted by Gasteiger charge is 2.16. The van der Waals surface area contributed by atoms with Gasteiger partial charge in [-0.25, -0.2) is 0 Å². The molecular formula is C27H70N4O12. The van der Waals surface area contributed by atoms with E-state index in [0.717, 1.165) is 5.57 Å². The first kappa shape index (κ1) is 83.4. The van der Waals surface area contributed by atoms with Gasteiger partial charge in [0.2, 0.25) is 11.7 Å². The zero-order valence-corrected chi connectivity index (χ0v) is 25.1. The molecule has 0 amide bonds. The third-order valence-corrected chi connectivity index (χ3v) is 4.29. The van der Waals surface area contributed by atoms with Crippen LogP contribution in [0.15, 0.2) is 33.6 Å². The molecule has 1 atom stereocenters. The van der Waals surface area contributed by atoms with Crippen molar-refractivity contribution >= 4 is 0 Å². The van der Waals surface area contributed by atoms with Crippen molar-refractivity contribution in [2.45, 2.75) is 140 Å². The molecule has 0 aliphatic heterocycles. The molecule has 0 radical (unpaired) electrons. The predicted octanol–water partition coefficient (Wildman–Crippen LogP) is 8.45. The van der Waals surface area contributed by atoms with Gasteiger partial charge in [0.05, 0.1) is 4.92 Å². The van der Waals surface area contributed by atoms with Crippen LogP contribution in [0.25, 0.3) is 0 Å². The van der Waals surface area contributed by atoms with Crippen LogP contribution in [-0.4, -0.2) is 47.4 Å². The normalized spacial score (nSPS) is 7.51. The molecule has 0 aromatic rings. The van der Waals surface area contributed by atoms with Gasteiger partial charge in [-0.05, 0) is 74.8 Å². The average Bonchev–Trinajstić information content (AvgIpc) is 2.66. The number of hydrogen-bond acceptors (Lipinski definition) is 8. The van der Waals surface area contributed by atoms with Gasteiger partial charge in [0.15, 0.2) is 0 Å². The maximum absolute atomic E-state index is 9.95. The summed E-state index contributed by atoms with van der Waals surface area (Å²) in [6, 6.07) is -0.407. The van der Waals surface area contributed by atoms with Crippen LogP contribution < -0.4 is 0 Å². The van der Waals surface area contributed by atoms with Gasteiger partial charge in [0.25, 0.3) is 10.2 Å². The van der Waals surface area contributed by atoms with Gasteiger partial charge < -0.3 is 21.4 Å². The number of hydrogen-bond donors (Lipinski definition) is 2. The third-order valence-electron chi connectivity index (χ3n) is 4.29. The van der Waals surface area contributed by atoms with E-state index in [4.69, 9.17) is 30.6 Å². The summed E-state index contributed by atoms with van der Waals surface area (Å²) < 4.78 is 0. The van der Waals surface area contributed by atoms with E-state index in [2.05, 4.69) is 55.4 Å². The Morgan fingerprint density at radius 1 is 0.488 bits per heavy atom. The molecule has 16 nitrogen and oxygen atoms in total. The Morgan fingerprint density at radius 3 is 0.651 bits per heavy atom. The molecule has 43 heavy (non-hydrogen) atoms. The summed E-state index contributed by atoms with van der Waals surface area (Å²) in [5.74, 6) is 0.144. The molecule has 270 valence electrons. The van der Waals surface area contributed by atoms with Crippen LogP contribution in [-0.2, 0) is 0 Å². The van der Waals surface area contributed by atoms with Gasteiger partial charge in [-0.1, -0.05) is 73.3 Å². The zero-order chi connectivity index (χ0) is 30.9. The van der Waals surface area contributed by atoms with Gasteiger partial charge in [-0.2, -0.15) is 0 Å². The lowest BCUT2D eigenvalue weighted by molar-refractivity contribution is -0.742. The second kappa shape index (κ2) is 51.1. The molecule has 0 aromatic heterocycles. The lowest BCUT2D eigenvalue weighted by Gasteiger charge is -2.04. The minimum Gasteiger partial charge on any atom is -0.412 e. The van der Waals surface area contributed by atoms with Gasteiger partial charge in [-0.15, -0.1) is 20.2 Å². The quantitative estimate of drug-likeness (QED) is 0.168. The van der Waals surface area contributed by atoms with E-state index in [1.807, 2.05) is 13.8 Å². The van der Waals surface area contributed by atoms with Crippen molar-refractivity contribution in [2.24, 2.45) is 5.92 Å². The van der Waals surface area contributed by atoms with Crippen molar-refractivity contribution in [3.05, 3.63) is 74.0 Å². The number of rotatable bonds is 3. The standard InChI is InChI=1S/2C6H12.C5H11NO2.C5H9NO2.5CH4.2HNO3.2H2O/c2*1-5(2)6(3)4;2*1-4(2)5(3)6(7)8;;;;;;2*2-1(3)4;;/h2*1-4H3;4-5H,1-3H3;1-3H3;5*1H4;2*(H,2,3,4);2*1H2. The van der Waals surface area contributed by atoms with Gasteiger partial charge >= 0.3 is 0 Å². The van der Waals surface area contributed by atoms with Crippen molar-refractivity contribution in [3.8, 4) is 0 Å². The Bertz CT molecular complexity index is 683. The maximum atomic E-state index is 9.95. The summed E-state index contributed by atoms with van der Waals surface area (Å²) in [6.07, 6.45) is 0. The summed E-state index contributed by atoms with van der Waals surface area (Å²) in [5.41, 5.74) is 6.70. The fourth-order valence-electron chi connectivity index (χ4n) is 0.426. The SMILES string of the molecule is C.C.C.C.C.CC(C)=C(C)C.CC(C)=C(C)C.CC(C)=C(C)[N+](=O)[O-].CC(C)C(C)[N+](=O)[O-].O.O.O=[N+]([O-])O.O=[N+]([O-])O. The summed E-state index contributed by atoms with van der Waals surface area (Å²) in [4.78, 5) is 35.9. The Labute approximate surface area is 261 Å². The van der Waals surface area contributed by atoms with E-state index in [-0.39, 0.29) is 69.5 Å². The molecule has 0 heterocycles. The van der Waals surface area contributed by atoms with Crippen LogP contribution in [0, 0.1) is 46.4 Å². The van der Waals surface area contributed by atoms with Crippen LogP contribution in [0.3, 0.4) is 0 Å². The Morgan fingerprint density at radius 2 is 0.651 bits per heavy atom. The zero-order valence-electron chi connectivity index (χ0n) is 25.1. The highest BCUT2D eigenvalue weighted by molar-refractivity contribution is 5.02. The molecule has 6 N–H and O–H groups in total. The first-order chi connectivity index (χ1) is 15.9. The van der Waals surface area contributed by atoms with Crippen LogP contribution in [0.2, 0.25) is 0 Å². The van der Waals surface area contributed by atoms with Crippen LogP contribution >= 0.6 is 0 Å². The highest BCUT2D eigenvalue weighted by Crippen LogP contribution is 2.02. The summed E-state index contributed by atoms with van der Waals surface area (Å²) >= 11 is 0. The second-order valence-electron chi connectivity index (χ2n) is 8.59. The molecule has 0 saturated carbocycles. The van der Waals surface area contributed by atoms with Crippen molar-refractivity contribution < 1.29 is 41.4 Å². The molecule has 16 heteroatoms. The smallest absolute Gasteiger partial charge is 0.291 e. The number of nitro groups is 2. The monoisotopic (exact) mass is 642 g/mol. The summed E-state index contributed by atoms with van der Waals surface area (Å²) in [7, 11) is 0. The predicted molar refractivity (Wildman–Crippen MR) is 180 cm³/mol. The number of nitrogens with zero attached hydrogens (tertiary/aromatic N) is 4. The second-order valence-corrected chi connectivity index (χ2v) is 8.59. The highest BCUT2D eigenvalue weighted by atomic mass is 16.9. The van der Waals surface area contributed by atoms with E-state index in [1.54, 1.807) is 20.8 Å². The van der Waals surface area contributed by atoms with Crippen LogP contribution in [0.5, 0.6) is 0 Å². The lowest BCUT2D eigenvalue weighted by Crippen LogP contribution is -2.20.